The van der Waals surface area contributed by atoms with Gasteiger partial charge in [-0.3, -0.25) is 0 Å². The van der Waals surface area contributed by atoms with Crippen LogP contribution in [-0.4, -0.2) is 27.7 Å². The van der Waals surface area contributed by atoms with E-state index in [1.807, 2.05) is 13.2 Å². The van der Waals surface area contributed by atoms with Gasteiger partial charge in [0, 0.05) is 18.0 Å². The highest BCUT2D eigenvalue weighted by Gasteiger charge is 2.17. The molecular weight excluding hydrogens is 234 g/mol. The predicted octanol–water partition coefficient (Wildman–Crippen LogP) is 3.15. The van der Waals surface area contributed by atoms with Crippen LogP contribution in [0.3, 0.4) is 0 Å². The number of nitrogens with zero attached hydrogens (tertiary/aromatic N) is 1. The van der Waals surface area contributed by atoms with Crippen LogP contribution in [0.25, 0.3) is 0 Å². The van der Waals surface area contributed by atoms with Gasteiger partial charge in [0.15, 0.2) is 0 Å². The van der Waals surface area contributed by atoms with Gasteiger partial charge < -0.3 is 9.67 Å². The summed E-state index contributed by atoms with van der Waals surface area (Å²) < 4.78 is 1.75. The second kappa shape index (κ2) is 5.47. The Morgan fingerprint density at radius 1 is 1.73 bits per heavy atom. The third-order valence-electron chi connectivity index (χ3n) is 2.26. The Bertz CT molecular complexity index is 351. The van der Waals surface area contributed by atoms with Gasteiger partial charge in [-0.25, -0.2) is 4.79 Å². The second-order valence-electron chi connectivity index (χ2n) is 3.27. The fourth-order valence-corrected chi connectivity index (χ4v) is 2.50. The smallest absolute Gasteiger partial charge is 0.352 e. The molecule has 1 rings (SSSR count). The molecule has 84 valence electrons. The average molecular weight is 248 g/mol. The normalized spacial score (nSPS) is 12.7. The van der Waals surface area contributed by atoms with Crippen molar-refractivity contribution in [3.05, 3.63) is 23.0 Å². The first-order valence-corrected chi connectivity index (χ1v) is 6.47. The first kappa shape index (κ1) is 12.5. The van der Waals surface area contributed by atoms with E-state index in [2.05, 4.69) is 0 Å². The van der Waals surface area contributed by atoms with Crippen molar-refractivity contribution in [2.45, 2.75) is 19.4 Å². The number of thioether (sulfide) groups is 1. The number of hydrogen-bond donors (Lipinski definition) is 1. The third kappa shape index (κ3) is 2.92. The Kier molecular flexibility index (Phi) is 4.54. The van der Waals surface area contributed by atoms with E-state index < -0.39 is 5.97 Å². The zero-order valence-electron chi connectivity index (χ0n) is 8.74. The number of rotatable bonds is 5. The summed E-state index contributed by atoms with van der Waals surface area (Å²) in [4.78, 5) is 11.0. The van der Waals surface area contributed by atoms with Gasteiger partial charge in [-0.15, -0.1) is 0 Å². The molecule has 1 aromatic heterocycles. The molecule has 0 radical (unpaired) electrons. The number of hydrogen-bond acceptors (Lipinski definition) is 2. The molecule has 5 heteroatoms. The lowest BCUT2D eigenvalue weighted by atomic mass is 10.2. The minimum Gasteiger partial charge on any atom is -0.477 e. The molecule has 1 atom stereocenters. The van der Waals surface area contributed by atoms with E-state index in [1.165, 1.54) is 6.07 Å². The topological polar surface area (TPSA) is 42.2 Å². The Labute approximate surface area is 98.4 Å². The van der Waals surface area contributed by atoms with Crippen molar-refractivity contribution in [1.82, 2.24) is 4.57 Å². The number of aromatic carboxylic acids is 1. The average Bonchev–Trinajstić information content (AvgIpc) is 2.56. The maximum absolute atomic E-state index is 11.0. The van der Waals surface area contributed by atoms with E-state index >= 15 is 0 Å². The summed E-state index contributed by atoms with van der Waals surface area (Å²) in [6, 6.07) is 1.69. The molecule has 3 nitrogen and oxygen atoms in total. The quantitative estimate of drug-likeness (QED) is 0.869. The lowest BCUT2D eigenvalue weighted by Crippen LogP contribution is -2.15. The SMILES string of the molecule is CCC(CSC)n1cc(Cl)cc1C(=O)O. The number of carboxylic acids is 1. The molecule has 0 bridgehead atoms. The summed E-state index contributed by atoms with van der Waals surface area (Å²) in [5, 5.41) is 9.48. The molecule has 0 amide bonds. The lowest BCUT2D eigenvalue weighted by Gasteiger charge is -2.17. The van der Waals surface area contributed by atoms with Crippen LogP contribution in [0.5, 0.6) is 0 Å². The van der Waals surface area contributed by atoms with Gasteiger partial charge in [-0.1, -0.05) is 18.5 Å². The zero-order valence-corrected chi connectivity index (χ0v) is 10.3. The van der Waals surface area contributed by atoms with Crippen molar-refractivity contribution in [3.63, 3.8) is 0 Å². The molecular formula is C10H14ClNO2S. The highest BCUT2D eigenvalue weighted by molar-refractivity contribution is 7.98. The summed E-state index contributed by atoms with van der Waals surface area (Å²) in [6.45, 7) is 2.04. The van der Waals surface area contributed by atoms with E-state index in [1.54, 1.807) is 22.5 Å². The van der Waals surface area contributed by atoms with Crippen molar-refractivity contribution >= 4 is 29.3 Å². The van der Waals surface area contributed by atoms with E-state index in [4.69, 9.17) is 16.7 Å². The number of carboxylic acid groups (broad SMARTS) is 1. The van der Waals surface area contributed by atoms with Crippen LogP contribution in [0.1, 0.15) is 29.9 Å². The first-order chi connectivity index (χ1) is 7.10. The van der Waals surface area contributed by atoms with E-state index in [0.29, 0.717) is 5.02 Å². The van der Waals surface area contributed by atoms with Gasteiger partial charge in [0.25, 0.3) is 0 Å². The van der Waals surface area contributed by atoms with Crippen LogP contribution >= 0.6 is 23.4 Å². The minimum absolute atomic E-state index is 0.193. The molecule has 1 unspecified atom stereocenters. The summed E-state index contributed by atoms with van der Waals surface area (Å²) in [5.41, 5.74) is 0.265. The van der Waals surface area contributed by atoms with Crippen molar-refractivity contribution in [2.24, 2.45) is 0 Å². The van der Waals surface area contributed by atoms with Gasteiger partial charge >= 0.3 is 5.97 Å². The summed E-state index contributed by atoms with van der Waals surface area (Å²) in [7, 11) is 0. The monoisotopic (exact) mass is 247 g/mol. The molecule has 0 aliphatic heterocycles. The Morgan fingerprint density at radius 3 is 2.87 bits per heavy atom. The maximum Gasteiger partial charge on any atom is 0.352 e. The second-order valence-corrected chi connectivity index (χ2v) is 4.62. The van der Waals surface area contributed by atoms with Crippen molar-refractivity contribution < 1.29 is 9.90 Å². The van der Waals surface area contributed by atoms with Crippen LogP contribution in [0.4, 0.5) is 0 Å². The van der Waals surface area contributed by atoms with Crippen LogP contribution < -0.4 is 0 Å². The van der Waals surface area contributed by atoms with Crippen LogP contribution in [-0.2, 0) is 0 Å². The van der Waals surface area contributed by atoms with Crippen LogP contribution in [0, 0.1) is 0 Å². The van der Waals surface area contributed by atoms with Crippen LogP contribution in [0.2, 0.25) is 5.02 Å². The fourth-order valence-electron chi connectivity index (χ4n) is 1.51. The summed E-state index contributed by atoms with van der Waals surface area (Å²) >= 11 is 7.52. The summed E-state index contributed by atoms with van der Waals surface area (Å²) in [6.07, 6.45) is 4.59. The van der Waals surface area contributed by atoms with Gasteiger partial charge in [0.2, 0.25) is 0 Å². The highest BCUT2D eigenvalue weighted by atomic mass is 35.5. The Morgan fingerprint density at radius 2 is 2.40 bits per heavy atom. The van der Waals surface area contributed by atoms with Gasteiger partial charge in [0.05, 0.1) is 5.02 Å². The largest absolute Gasteiger partial charge is 0.477 e. The standard InChI is InChI=1S/C10H14ClNO2S/c1-3-8(6-15-2)12-5-7(11)4-9(12)10(13)14/h4-5,8H,3,6H2,1-2H3,(H,13,14). The van der Waals surface area contributed by atoms with E-state index in [0.717, 1.165) is 12.2 Å². The molecule has 0 aromatic carbocycles. The molecule has 1 heterocycles. The molecule has 15 heavy (non-hydrogen) atoms. The Hall–Kier alpha value is -0.610. The molecule has 0 aliphatic rings. The van der Waals surface area contributed by atoms with Gasteiger partial charge in [-0.2, -0.15) is 11.8 Å². The predicted molar refractivity (Wildman–Crippen MR) is 64.1 cm³/mol. The molecule has 0 saturated heterocycles. The third-order valence-corrected chi connectivity index (χ3v) is 3.18. The van der Waals surface area contributed by atoms with Crippen molar-refractivity contribution in [2.75, 3.05) is 12.0 Å². The summed E-state index contributed by atoms with van der Waals surface area (Å²) in [5.74, 6) is -0.0385. The lowest BCUT2D eigenvalue weighted by molar-refractivity contribution is 0.0683. The number of halogens is 1. The Balaban J connectivity index is 3.04. The molecule has 0 saturated carbocycles. The number of aromatic nitrogens is 1. The molecule has 0 spiro atoms. The van der Waals surface area contributed by atoms with Crippen molar-refractivity contribution in [3.8, 4) is 0 Å². The maximum atomic E-state index is 11.0. The van der Waals surface area contributed by atoms with Crippen LogP contribution in [0.15, 0.2) is 12.3 Å². The first-order valence-electron chi connectivity index (χ1n) is 4.69. The fraction of sp³-hybridized carbons (Fsp3) is 0.500. The molecule has 0 fully saturated rings. The van der Waals surface area contributed by atoms with Crippen molar-refractivity contribution in [1.29, 1.82) is 0 Å². The number of carbonyl (C=O) groups is 1. The molecule has 1 N–H and O–H groups in total. The minimum atomic E-state index is -0.929. The van der Waals surface area contributed by atoms with E-state index in [-0.39, 0.29) is 11.7 Å². The van der Waals surface area contributed by atoms with Gasteiger partial charge in [-0.05, 0) is 18.7 Å². The zero-order chi connectivity index (χ0) is 11.4. The molecule has 1 aromatic rings. The highest BCUT2D eigenvalue weighted by Crippen LogP contribution is 2.23. The molecule has 0 aliphatic carbocycles. The van der Waals surface area contributed by atoms with Gasteiger partial charge in [0.1, 0.15) is 5.69 Å². The van der Waals surface area contributed by atoms with E-state index in [9.17, 15) is 4.79 Å².